The van der Waals surface area contributed by atoms with Crippen LogP contribution < -0.4 is 0 Å². The molecule has 0 amide bonds. The zero-order valence-electron chi connectivity index (χ0n) is 7.75. The second kappa shape index (κ2) is 4.70. The fourth-order valence-corrected chi connectivity index (χ4v) is 2.14. The van der Waals surface area contributed by atoms with Gasteiger partial charge in [-0.25, -0.2) is 0 Å². The molecule has 1 N–H and O–H groups in total. The summed E-state index contributed by atoms with van der Waals surface area (Å²) in [6.45, 7) is 0. The zero-order chi connectivity index (χ0) is 11.1. The van der Waals surface area contributed by atoms with Crippen molar-refractivity contribution < 1.29 is 17.5 Å². The topological polar surface area (TPSA) is 80.4 Å². The number of hydrogen-bond donors (Lipinski definition) is 1. The molecule has 88 valence electrons. The molecule has 8 heteroatoms. The molecule has 1 aromatic carbocycles. The van der Waals surface area contributed by atoms with Gasteiger partial charge in [0.25, 0.3) is 10.1 Å². The summed E-state index contributed by atoms with van der Waals surface area (Å²) in [5, 5.41) is 4.76. The van der Waals surface area contributed by atoms with E-state index in [9.17, 15) is 8.42 Å². The Kier molecular flexibility index (Phi) is 3.95. The van der Waals surface area contributed by atoms with E-state index in [1.807, 2.05) is 0 Å². The molecule has 1 heterocycles. The van der Waals surface area contributed by atoms with E-state index in [1.54, 1.807) is 0 Å². The molecule has 0 unspecified atom stereocenters. The standard InChI is InChI=1S/C8H6BrNO4S.ClH/c9-4-7-6-3-5(15(11,12)13)1-2-8(6)14-10-7;/h1-3H,4H2,(H,11,12,13);1H. The van der Waals surface area contributed by atoms with Gasteiger partial charge in [0, 0.05) is 10.7 Å². The van der Waals surface area contributed by atoms with Crippen LogP contribution in [0.15, 0.2) is 27.6 Å². The first-order chi connectivity index (χ1) is 7.02. The maximum absolute atomic E-state index is 10.9. The molecule has 0 saturated heterocycles. The third kappa shape index (κ3) is 2.37. The SMILES string of the molecule is Cl.O=S(=O)(O)c1ccc2onc(CBr)c2c1. The summed E-state index contributed by atoms with van der Waals surface area (Å²) in [5.41, 5.74) is 1.08. The summed E-state index contributed by atoms with van der Waals surface area (Å²) >= 11 is 3.20. The molecule has 2 aromatic rings. The molecular weight excluding hydrogens is 322 g/mol. The second-order valence-electron chi connectivity index (χ2n) is 2.90. The monoisotopic (exact) mass is 327 g/mol. The van der Waals surface area contributed by atoms with Gasteiger partial charge in [0.05, 0.1) is 4.90 Å². The predicted octanol–water partition coefficient (Wildman–Crippen LogP) is 2.39. The van der Waals surface area contributed by atoms with Gasteiger partial charge in [0.1, 0.15) is 5.69 Å². The zero-order valence-corrected chi connectivity index (χ0v) is 11.0. The Bertz CT molecular complexity index is 610. The predicted molar refractivity (Wildman–Crippen MR) is 63.7 cm³/mol. The highest BCUT2D eigenvalue weighted by atomic mass is 79.9. The molecule has 0 spiro atoms. The van der Waals surface area contributed by atoms with Crippen molar-refractivity contribution in [3.05, 3.63) is 23.9 Å². The van der Waals surface area contributed by atoms with Crippen molar-refractivity contribution in [3.8, 4) is 0 Å². The van der Waals surface area contributed by atoms with Gasteiger partial charge in [0.15, 0.2) is 5.58 Å². The van der Waals surface area contributed by atoms with E-state index in [0.717, 1.165) is 0 Å². The van der Waals surface area contributed by atoms with E-state index in [-0.39, 0.29) is 17.3 Å². The molecule has 0 aliphatic rings. The highest BCUT2D eigenvalue weighted by molar-refractivity contribution is 9.08. The normalized spacial score (nSPS) is 11.4. The van der Waals surface area contributed by atoms with E-state index >= 15 is 0 Å². The fourth-order valence-electron chi connectivity index (χ4n) is 1.22. The van der Waals surface area contributed by atoms with E-state index in [4.69, 9.17) is 9.08 Å². The van der Waals surface area contributed by atoms with Gasteiger partial charge < -0.3 is 4.52 Å². The summed E-state index contributed by atoms with van der Waals surface area (Å²) in [7, 11) is -4.18. The van der Waals surface area contributed by atoms with Gasteiger partial charge >= 0.3 is 0 Å². The Labute approximate surface area is 106 Å². The third-order valence-electron chi connectivity index (χ3n) is 1.94. The van der Waals surface area contributed by atoms with Gasteiger partial charge in [-0.1, -0.05) is 21.1 Å². The summed E-state index contributed by atoms with van der Waals surface area (Å²) in [6.07, 6.45) is 0. The van der Waals surface area contributed by atoms with Crippen LogP contribution in [0.4, 0.5) is 0 Å². The molecule has 0 bridgehead atoms. The molecule has 0 aliphatic heterocycles. The van der Waals surface area contributed by atoms with Crippen LogP contribution in [0, 0.1) is 0 Å². The number of rotatable bonds is 2. The number of benzene rings is 1. The van der Waals surface area contributed by atoms with Crippen LogP contribution in [0.25, 0.3) is 11.0 Å². The molecule has 0 atom stereocenters. The van der Waals surface area contributed by atoms with E-state index < -0.39 is 10.1 Å². The first-order valence-corrected chi connectivity index (χ1v) is 6.50. The number of fused-ring (bicyclic) bond motifs is 1. The average molecular weight is 329 g/mol. The average Bonchev–Trinajstić information content (AvgIpc) is 2.57. The van der Waals surface area contributed by atoms with Crippen molar-refractivity contribution in [3.63, 3.8) is 0 Å². The first kappa shape index (κ1) is 13.4. The smallest absolute Gasteiger partial charge is 0.294 e. The molecular formula is C8H7BrClNO4S. The van der Waals surface area contributed by atoms with Crippen molar-refractivity contribution in [2.24, 2.45) is 0 Å². The number of nitrogens with zero attached hydrogens (tertiary/aromatic N) is 1. The fraction of sp³-hybridized carbons (Fsp3) is 0.125. The van der Waals surface area contributed by atoms with Crippen LogP contribution in [-0.4, -0.2) is 18.1 Å². The maximum Gasteiger partial charge on any atom is 0.294 e. The summed E-state index contributed by atoms with van der Waals surface area (Å²) < 4.78 is 35.6. The lowest BCUT2D eigenvalue weighted by Gasteiger charge is -1.95. The van der Waals surface area contributed by atoms with Gasteiger partial charge in [0.2, 0.25) is 0 Å². The summed E-state index contributed by atoms with van der Waals surface area (Å²) in [5.74, 6) is 0. The van der Waals surface area contributed by atoms with Crippen LogP contribution in [0.5, 0.6) is 0 Å². The van der Waals surface area contributed by atoms with Crippen LogP contribution in [0.2, 0.25) is 0 Å². The lowest BCUT2D eigenvalue weighted by Crippen LogP contribution is -1.97. The Morgan fingerprint density at radius 3 is 2.69 bits per heavy atom. The molecule has 0 radical (unpaired) electrons. The van der Waals surface area contributed by atoms with Crippen LogP contribution >= 0.6 is 28.3 Å². The van der Waals surface area contributed by atoms with Crippen molar-refractivity contribution in [2.75, 3.05) is 0 Å². The minimum atomic E-state index is -4.18. The summed E-state index contributed by atoms with van der Waals surface area (Å²) in [6, 6.07) is 4.05. The van der Waals surface area contributed by atoms with Crippen LogP contribution in [-0.2, 0) is 15.4 Å². The minimum absolute atomic E-state index is 0. The lowest BCUT2D eigenvalue weighted by atomic mass is 10.2. The highest BCUT2D eigenvalue weighted by Crippen LogP contribution is 2.23. The second-order valence-corrected chi connectivity index (χ2v) is 4.88. The Hall–Kier alpha value is -0.630. The van der Waals surface area contributed by atoms with Gasteiger partial charge in [-0.2, -0.15) is 8.42 Å². The van der Waals surface area contributed by atoms with E-state index in [2.05, 4.69) is 21.1 Å². The van der Waals surface area contributed by atoms with E-state index in [0.29, 0.717) is 22.0 Å². The van der Waals surface area contributed by atoms with Crippen molar-refractivity contribution in [1.29, 1.82) is 0 Å². The summed E-state index contributed by atoms with van der Waals surface area (Å²) in [4.78, 5) is -0.166. The largest absolute Gasteiger partial charge is 0.356 e. The minimum Gasteiger partial charge on any atom is -0.356 e. The molecule has 2 rings (SSSR count). The Morgan fingerprint density at radius 1 is 1.44 bits per heavy atom. The van der Waals surface area contributed by atoms with Crippen LogP contribution in [0.1, 0.15) is 5.69 Å². The quantitative estimate of drug-likeness (QED) is 0.676. The Morgan fingerprint density at radius 2 is 2.12 bits per heavy atom. The number of alkyl halides is 1. The van der Waals surface area contributed by atoms with Gasteiger partial charge in [-0.15, -0.1) is 12.4 Å². The van der Waals surface area contributed by atoms with Crippen LogP contribution in [0.3, 0.4) is 0 Å². The molecule has 5 nitrogen and oxygen atoms in total. The molecule has 0 aliphatic carbocycles. The number of aromatic nitrogens is 1. The highest BCUT2D eigenvalue weighted by Gasteiger charge is 2.13. The first-order valence-electron chi connectivity index (χ1n) is 3.94. The molecule has 1 aromatic heterocycles. The van der Waals surface area contributed by atoms with Crippen molar-refractivity contribution in [2.45, 2.75) is 10.2 Å². The third-order valence-corrected chi connectivity index (χ3v) is 3.32. The maximum atomic E-state index is 10.9. The lowest BCUT2D eigenvalue weighted by molar-refractivity contribution is 0.450. The Balaban J connectivity index is 0.00000128. The van der Waals surface area contributed by atoms with E-state index in [1.165, 1.54) is 18.2 Å². The van der Waals surface area contributed by atoms with Crippen molar-refractivity contribution >= 4 is 49.4 Å². The van der Waals surface area contributed by atoms with Crippen molar-refractivity contribution in [1.82, 2.24) is 5.16 Å². The van der Waals surface area contributed by atoms with Gasteiger partial charge in [-0.3, -0.25) is 4.55 Å². The number of halogens is 2. The molecule has 16 heavy (non-hydrogen) atoms. The molecule has 0 fully saturated rings. The number of hydrogen-bond acceptors (Lipinski definition) is 4. The van der Waals surface area contributed by atoms with Gasteiger partial charge in [-0.05, 0) is 18.2 Å². The molecule has 0 saturated carbocycles.